The Morgan fingerprint density at radius 1 is 1.10 bits per heavy atom. The van der Waals surface area contributed by atoms with Crippen molar-refractivity contribution >= 4 is 17.7 Å². The van der Waals surface area contributed by atoms with Gasteiger partial charge in [0.05, 0.1) is 12.2 Å². The van der Waals surface area contributed by atoms with Crippen molar-refractivity contribution in [2.24, 2.45) is 0 Å². The molecule has 2 aromatic rings. The molecule has 0 unspecified atom stereocenters. The summed E-state index contributed by atoms with van der Waals surface area (Å²) in [5, 5.41) is 3.24. The van der Waals surface area contributed by atoms with Gasteiger partial charge in [-0.15, -0.1) is 0 Å². The highest BCUT2D eigenvalue weighted by Crippen LogP contribution is 2.16. The highest BCUT2D eigenvalue weighted by molar-refractivity contribution is 5.95. The minimum atomic E-state index is -0.298. The molecular formula is C18H19NO2. The summed E-state index contributed by atoms with van der Waals surface area (Å²) in [5.41, 5.74) is 2.50. The van der Waals surface area contributed by atoms with Crippen LogP contribution in [0.3, 0.4) is 0 Å². The van der Waals surface area contributed by atoms with E-state index in [1.165, 1.54) is 0 Å². The van der Waals surface area contributed by atoms with E-state index in [9.17, 15) is 4.79 Å². The average Bonchev–Trinajstić information content (AvgIpc) is 2.53. The van der Waals surface area contributed by atoms with Crippen LogP contribution in [0.2, 0.25) is 0 Å². The van der Waals surface area contributed by atoms with Crippen molar-refractivity contribution in [3.63, 3.8) is 0 Å². The molecule has 0 saturated heterocycles. The molecule has 21 heavy (non-hydrogen) atoms. The number of hydrogen-bond donors (Lipinski definition) is 1. The van der Waals surface area contributed by atoms with Crippen LogP contribution in [0.4, 0.5) is 5.69 Å². The molecule has 0 aliphatic carbocycles. The molecule has 1 N–H and O–H groups in total. The molecular weight excluding hydrogens is 262 g/mol. The molecule has 0 aromatic heterocycles. The smallest absolute Gasteiger partial charge is 0.340 e. The zero-order valence-electron chi connectivity index (χ0n) is 12.1. The summed E-state index contributed by atoms with van der Waals surface area (Å²) in [7, 11) is 0. The van der Waals surface area contributed by atoms with Crippen LogP contribution in [-0.4, -0.2) is 19.1 Å². The van der Waals surface area contributed by atoms with Crippen LogP contribution in [0.25, 0.3) is 6.08 Å². The van der Waals surface area contributed by atoms with E-state index in [-0.39, 0.29) is 5.97 Å². The van der Waals surface area contributed by atoms with Crippen LogP contribution in [0.5, 0.6) is 0 Å². The summed E-state index contributed by atoms with van der Waals surface area (Å²) in [5.74, 6) is -0.298. The Labute approximate surface area is 125 Å². The molecule has 3 heteroatoms. The third-order valence-corrected chi connectivity index (χ3v) is 2.94. The fourth-order valence-corrected chi connectivity index (χ4v) is 1.95. The molecule has 0 bridgehead atoms. The number of rotatable bonds is 6. The number of anilines is 1. The summed E-state index contributed by atoms with van der Waals surface area (Å²) in [6.07, 6.45) is 4.07. The van der Waals surface area contributed by atoms with Crippen LogP contribution < -0.4 is 5.32 Å². The van der Waals surface area contributed by atoms with Gasteiger partial charge in [-0.3, -0.25) is 0 Å². The summed E-state index contributed by atoms with van der Waals surface area (Å²) in [6.45, 7) is 2.82. The fourth-order valence-electron chi connectivity index (χ4n) is 1.95. The van der Waals surface area contributed by atoms with E-state index in [1.807, 2.05) is 60.7 Å². The van der Waals surface area contributed by atoms with Gasteiger partial charge < -0.3 is 10.1 Å². The second-order valence-corrected chi connectivity index (χ2v) is 4.46. The van der Waals surface area contributed by atoms with Crippen molar-refractivity contribution in [2.45, 2.75) is 6.92 Å². The Bertz CT molecular complexity index is 606. The normalized spacial score (nSPS) is 10.5. The van der Waals surface area contributed by atoms with Crippen LogP contribution >= 0.6 is 0 Å². The molecule has 0 atom stereocenters. The van der Waals surface area contributed by atoms with Gasteiger partial charge in [-0.2, -0.15) is 0 Å². The van der Waals surface area contributed by atoms with Crippen LogP contribution in [0.1, 0.15) is 22.8 Å². The summed E-state index contributed by atoms with van der Waals surface area (Å²) in [4.78, 5) is 11.8. The van der Waals surface area contributed by atoms with Crippen LogP contribution in [0.15, 0.2) is 60.7 Å². The maximum absolute atomic E-state index is 11.8. The summed E-state index contributed by atoms with van der Waals surface area (Å²) >= 11 is 0. The van der Waals surface area contributed by atoms with Gasteiger partial charge in [0.25, 0.3) is 0 Å². The van der Waals surface area contributed by atoms with E-state index in [0.717, 1.165) is 11.3 Å². The minimum Gasteiger partial charge on any atom is -0.462 e. The lowest BCUT2D eigenvalue weighted by molar-refractivity contribution is 0.0527. The average molecular weight is 281 g/mol. The molecule has 0 spiro atoms. The number of para-hydroxylation sites is 1. The molecule has 3 nitrogen and oxygen atoms in total. The van der Waals surface area contributed by atoms with Crippen molar-refractivity contribution in [3.05, 3.63) is 71.8 Å². The Balaban J connectivity index is 1.97. The Kier molecular flexibility index (Phi) is 5.59. The van der Waals surface area contributed by atoms with E-state index < -0.39 is 0 Å². The van der Waals surface area contributed by atoms with E-state index in [2.05, 4.69) is 5.32 Å². The highest BCUT2D eigenvalue weighted by atomic mass is 16.5. The number of carbonyl (C=O) groups is 1. The first kappa shape index (κ1) is 14.9. The van der Waals surface area contributed by atoms with Gasteiger partial charge in [-0.25, -0.2) is 4.79 Å². The third kappa shape index (κ3) is 4.49. The summed E-state index contributed by atoms with van der Waals surface area (Å²) in [6, 6.07) is 17.5. The fraction of sp³-hybridized carbons (Fsp3) is 0.167. The zero-order valence-corrected chi connectivity index (χ0v) is 12.1. The predicted molar refractivity (Wildman–Crippen MR) is 86.4 cm³/mol. The second-order valence-electron chi connectivity index (χ2n) is 4.46. The molecule has 0 aliphatic heterocycles. The van der Waals surface area contributed by atoms with E-state index >= 15 is 0 Å². The first-order chi connectivity index (χ1) is 10.3. The lowest BCUT2D eigenvalue weighted by Crippen LogP contribution is -2.09. The summed E-state index contributed by atoms with van der Waals surface area (Å²) < 4.78 is 5.05. The molecule has 108 valence electrons. The topological polar surface area (TPSA) is 38.3 Å². The van der Waals surface area contributed by atoms with Crippen molar-refractivity contribution in [3.8, 4) is 0 Å². The number of carbonyl (C=O) groups excluding carboxylic acids is 1. The SMILES string of the molecule is CCOC(=O)c1ccccc1NC/C=C/c1ccccc1. The molecule has 0 fully saturated rings. The van der Waals surface area contributed by atoms with Gasteiger partial charge in [0.1, 0.15) is 0 Å². The number of ether oxygens (including phenoxy) is 1. The highest BCUT2D eigenvalue weighted by Gasteiger charge is 2.10. The number of esters is 1. The molecule has 2 rings (SSSR count). The van der Waals surface area contributed by atoms with E-state index in [0.29, 0.717) is 18.7 Å². The molecule has 0 aliphatic rings. The minimum absolute atomic E-state index is 0.298. The Morgan fingerprint density at radius 2 is 1.81 bits per heavy atom. The number of benzene rings is 2. The van der Waals surface area contributed by atoms with Crippen molar-refractivity contribution < 1.29 is 9.53 Å². The maximum Gasteiger partial charge on any atom is 0.340 e. The van der Waals surface area contributed by atoms with Crippen molar-refractivity contribution in [1.82, 2.24) is 0 Å². The van der Waals surface area contributed by atoms with Crippen molar-refractivity contribution in [2.75, 3.05) is 18.5 Å². The van der Waals surface area contributed by atoms with Crippen LogP contribution in [-0.2, 0) is 4.74 Å². The van der Waals surface area contributed by atoms with Gasteiger partial charge in [-0.1, -0.05) is 54.6 Å². The zero-order chi connectivity index (χ0) is 14.9. The number of nitrogens with one attached hydrogen (secondary N) is 1. The van der Waals surface area contributed by atoms with Gasteiger partial charge >= 0.3 is 5.97 Å². The first-order valence-electron chi connectivity index (χ1n) is 7.03. The predicted octanol–water partition coefficient (Wildman–Crippen LogP) is 3.99. The van der Waals surface area contributed by atoms with Gasteiger partial charge in [-0.05, 0) is 24.6 Å². The largest absolute Gasteiger partial charge is 0.462 e. The lowest BCUT2D eigenvalue weighted by atomic mass is 10.1. The lowest BCUT2D eigenvalue weighted by Gasteiger charge is -2.09. The second kappa shape index (κ2) is 7.90. The molecule has 0 saturated carbocycles. The molecule has 2 aromatic carbocycles. The van der Waals surface area contributed by atoms with Gasteiger partial charge in [0.2, 0.25) is 0 Å². The monoisotopic (exact) mass is 281 g/mol. The van der Waals surface area contributed by atoms with E-state index in [4.69, 9.17) is 4.74 Å². The van der Waals surface area contributed by atoms with Crippen LogP contribution in [0, 0.1) is 0 Å². The molecule has 0 heterocycles. The van der Waals surface area contributed by atoms with Gasteiger partial charge in [0.15, 0.2) is 0 Å². The van der Waals surface area contributed by atoms with E-state index in [1.54, 1.807) is 13.0 Å². The van der Waals surface area contributed by atoms with Gasteiger partial charge in [0, 0.05) is 12.2 Å². The quantitative estimate of drug-likeness (QED) is 0.814. The van der Waals surface area contributed by atoms with Crippen molar-refractivity contribution in [1.29, 1.82) is 0 Å². The Morgan fingerprint density at radius 3 is 2.57 bits per heavy atom. The Hall–Kier alpha value is -2.55. The molecule has 0 amide bonds. The third-order valence-electron chi connectivity index (χ3n) is 2.94. The maximum atomic E-state index is 11.8. The molecule has 0 radical (unpaired) electrons. The number of hydrogen-bond acceptors (Lipinski definition) is 3. The standard InChI is InChI=1S/C18H19NO2/c1-2-21-18(20)16-12-6-7-13-17(16)19-14-8-11-15-9-4-3-5-10-15/h3-13,19H,2,14H2,1H3/b11-8+. The first-order valence-corrected chi connectivity index (χ1v) is 7.03.